The maximum Gasteiger partial charge on any atom is 0.168 e. The summed E-state index contributed by atoms with van der Waals surface area (Å²) in [5, 5.41) is 0. The van der Waals surface area contributed by atoms with Crippen molar-refractivity contribution < 1.29 is 9.59 Å². The third kappa shape index (κ3) is 4.60. The summed E-state index contributed by atoms with van der Waals surface area (Å²) in [5.74, 6) is -0.307. The molecule has 0 fully saturated rings. The Kier molecular flexibility index (Phi) is 5.53. The average Bonchev–Trinajstić information content (AvgIpc) is 2.09. The SMILES string of the molecule is C=CCCC(=O)/C(=C\N(C)C)C(C)=O. The Balaban J connectivity index is 4.58. The van der Waals surface area contributed by atoms with E-state index in [0.717, 1.165) is 0 Å². The summed E-state index contributed by atoms with van der Waals surface area (Å²) in [6.45, 7) is 4.93. The summed E-state index contributed by atoms with van der Waals surface area (Å²) in [6.07, 6.45) is 4.19. The molecule has 0 radical (unpaired) electrons. The standard InChI is InChI=1S/C11H17NO2/c1-5-6-7-11(14)10(9(2)13)8-12(3)4/h5,8H,1,6-7H2,2-4H3/b10-8-. The van der Waals surface area contributed by atoms with Gasteiger partial charge >= 0.3 is 0 Å². The molecule has 3 heteroatoms. The van der Waals surface area contributed by atoms with Crippen molar-refractivity contribution >= 4 is 11.6 Å². The lowest BCUT2D eigenvalue weighted by molar-refractivity contribution is -0.120. The summed E-state index contributed by atoms with van der Waals surface area (Å²) in [4.78, 5) is 24.4. The summed E-state index contributed by atoms with van der Waals surface area (Å²) in [7, 11) is 3.56. The Hall–Kier alpha value is -1.38. The second-order valence-corrected chi connectivity index (χ2v) is 3.31. The first-order valence-electron chi connectivity index (χ1n) is 4.52. The number of ketones is 2. The average molecular weight is 195 g/mol. The highest BCUT2D eigenvalue weighted by Crippen LogP contribution is 2.05. The predicted molar refractivity (Wildman–Crippen MR) is 56.9 cm³/mol. The van der Waals surface area contributed by atoms with Crippen molar-refractivity contribution in [1.82, 2.24) is 4.90 Å². The molecule has 0 aliphatic rings. The van der Waals surface area contributed by atoms with Gasteiger partial charge in [-0.1, -0.05) is 6.08 Å². The second-order valence-electron chi connectivity index (χ2n) is 3.31. The highest BCUT2D eigenvalue weighted by molar-refractivity contribution is 6.19. The van der Waals surface area contributed by atoms with Crippen LogP contribution in [0, 0.1) is 0 Å². The van der Waals surface area contributed by atoms with Crippen LogP contribution in [0.3, 0.4) is 0 Å². The van der Waals surface area contributed by atoms with Crippen LogP contribution < -0.4 is 0 Å². The van der Waals surface area contributed by atoms with Gasteiger partial charge in [0.2, 0.25) is 0 Å². The monoisotopic (exact) mass is 195 g/mol. The van der Waals surface area contributed by atoms with Crippen LogP contribution in [0.5, 0.6) is 0 Å². The topological polar surface area (TPSA) is 37.4 Å². The quantitative estimate of drug-likeness (QED) is 0.279. The molecule has 3 nitrogen and oxygen atoms in total. The summed E-state index contributed by atoms with van der Waals surface area (Å²) >= 11 is 0. The summed E-state index contributed by atoms with van der Waals surface area (Å²) in [5.41, 5.74) is 0.261. The second kappa shape index (κ2) is 6.13. The van der Waals surface area contributed by atoms with Gasteiger partial charge in [0.1, 0.15) is 0 Å². The van der Waals surface area contributed by atoms with E-state index in [4.69, 9.17) is 0 Å². The molecular formula is C11H17NO2. The third-order valence-electron chi connectivity index (χ3n) is 1.64. The van der Waals surface area contributed by atoms with Crippen molar-refractivity contribution in [3.8, 4) is 0 Å². The zero-order valence-electron chi connectivity index (χ0n) is 9.04. The molecule has 0 rings (SSSR count). The van der Waals surface area contributed by atoms with Crippen molar-refractivity contribution in [2.45, 2.75) is 19.8 Å². The van der Waals surface area contributed by atoms with Gasteiger partial charge in [0.25, 0.3) is 0 Å². The van der Waals surface area contributed by atoms with Gasteiger partial charge in [0.05, 0.1) is 5.57 Å². The molecular weight excluding hydrogens is 178 g/mol. The molecule has 0 amide bonds. The first-order chi connectivity index (χ1) is 6.49. The fourth-order valence-corrected chi connectivity index (χ4v) is 0.985. The van der Waals surface area contributed by atoms with E-state index in [9.17, 15) is 9.59 Å². The molecule has 0 aromatic carbocycles. The largest absolute Gasteiger partial charge is 0.383 e. The Morgan fingerprint density at radius 3 is 2.29 bits per heavy atom. The molecule has 14 heavy (non-hydrogen) atoms. The number of allylic oxidation sites excluding steroid dienone is 2. The maximum absolute atomic E-state index is 11.5. The van der Waals surface area contributed by atoms with Gasteiger partial charge in [-0.25, -0.2) is 0 Å². The first kappa shape index (κ1) is 12.6. The molecule has 0 aromatic heterocycles. The molecule has 0 heterocycles. The number of nitrogens with zero attached hydrogens (tertiary/aromatic N) is 1. The Morgan fingerprint density at radius 1 is 1.36 bits per heavy atom. The smallest absolute Gasteiger partial charge is 0.168 e. The number of carbonyl (C=O) groups excluding carboxylic acids is 2. The van der Waals surface area contributed by atoms with E-state index in [2.05, 4.69) is 6.58 Å². The van der Waals surface area contributed by atoms with Gasteiger partial charge in [0, 0.05) is 26.7 Å². The van der Waals surface area contributed by atoms with E-state index in [1.165, 1.54) is 6.92 Å². The van der Waals surface area contributed by atoms with Crippen molar-refractivity contribution in [2.24, 2.45) is 0 Å². The molecule has 0 spiro atoms. The maximum atomic E-state index is 11.5. The van der Waals surface area contributed by atoms with Crippen LogP contribution in [-0.4, -0.2) is 30.6 Å². The lowest BCUT2D eigenvalue weighted by atomic mass is 10.0. The van der Waals surface area contributed by atoms with Crippen LogP contribution in [0.15, 0.2) is 24.4 Å². The Labute approximate surface area is 85.1 Å². The molecule has 0 aromatic rings. The lowest BCUT2D eigenvalue weighted by Crippen LogP contribution is -2.14. The summed E-state index contributed by atoms with van der Waals surface area (Å²) < 4.78 is 0. The number of rotatable bonds is 6. The van der Waals surface area contributed by atoms with Crippen molar-refractivity contribution in [2.75, 3.05) is 14.1 Å². The van der Waals surface area contributed by atoms with Crippen LogP contribution in [0.4, 0.5) is 0 Å². The van der Waals surface area contributed by atoms with Crippen molar-refractivity contribution in [3.05, 3.63) is 24.4 Å². The number of Topliss-reactive ketones (excluding diaryl/α,β-unsaturated/α-hetero) is 2. The molecule has 0 aliphatic carbocycles. The first-order valence-corrected chi connectivity index (χ1v) is 4.52. The molecule has 0 unspecified atom stereocenters. The highest BCUT2D eigenvalue weighted by Gasteiger charge is 2.13. The van der Waals surface area contributed by atoms with E-state index in [0.29, 0.717) is 12.8 Å². The fourth-order valence-electron chi connectivity index (χ4n) is 0.985. The van der Waals surface area contributed by atoms with Gasteiger partial charge in [-0.15, -0.1) is 6.58 Å². The minimum atomic E-state index is -0.187. The van der Waals surface area contributed by atoms with Crippen molar-refractivity contribution in [1.29, 1.82) is 0 Å². The fraction of sp³-hybridized carbons (Fsp3) is 0.455. The Morgan fingerprint density at radius 2 is 1.93 bits per heavy atom. The van der Waals surface area contributed by atoms with Crippen LogP contribution in [-0.2, 0) is 9.59 Å². The van der Waals surface area contributed by atoms with E-state index < -0.39 is 0 Å². The molecule has 0 bridgehead atoms. The molecule has 78 valence electrons. The van der Waals surface area contributed by atoms with E-state index >= 15 is 0 Å². The van der Waals surface area contributed by atoms with Crippen LogP contribution in [0.2, 0.25) is 0 Å². The van der Waals surface area contributed by atoms with Gasteiger partial charge in [-0.05, 0) is 13.3 Å². The van der Waals surface area contributed by atoms with Crippen LogP contribution >= 0.6 is 0 Å². The van der Waals surface area contributed by atoms with Crippen molar-refractivity contribution in [3.63, 3.8) is 0 Å². The third-order valence-corrected chi connectivity index (χ3v) is 1.64. The highest BCUT2D eigenvalue weighted by atomic mass is 16.1. The number of hydrogen-bond donors (Lipinski definition) is 0. The van der Waals surface area contributed by atoms with E-state index in [-0.39, 0.29) is 17.1 Å². The molecule has 0 N–H and O–H groups in total. The van der Waals surface area contributed by atoms with Crippen LogP contribution in [0.1, 0.15) is 19.8 Å². The molecule has 0 aliphatic heterocycles. The van der Waals surface area contributed by atoms with E-state index in [1.54, 1.807) is 31.3 Å². The zero-order valence-corrected chi connectivity index (χ0v) is 9.04. The lowest BCUT2D eigenvalue weighted by Gasteiger charge is -2.08. The minimum absolute atomic E-state index is 0.119. The predicted octanol–water partition coefficient (Wildman–Crippen LogP) is 1.56. The molecule has 0 atom stereocenters. The van der Waals surface area contributed by atoms with Crippen LogP contribution in [0.25, 0.3) is 0 Å². The minimum Gasteiger partial charge on any atom is -0.383 e. The Bertz CT molecular complexity index is 264. The van der Waals surface area contributed by atoms with Gasteiger partial charge in [-0.2, -0.15) is 0 Å². The summed E-state index contributed by atoms with van der Waals surface area (Å²) in [6, 6.07) is 0. The normalized spacial score (nSPS) is 10.9. The van der Waals surface area contributed by atoms with Gasteiger partial charge in [0.15, 0.2) is 11.6 Å². The van der Waals surface area contributed by atoms with E-state index in [1.807, 2.05) is 0 Å². The molecule has 0 saturated carbocycles. The number of carbonyl (C=O) groups is 2. The van der Waals surface area contributed by atoms with Gasteiger partial charge in [-0.3, -0.25) is 9.59 Å². The zero-order chi connectivity index (χ0) is 11.1. The molecule has 0 saturated heterocycles. The van der Waals surface area contributed by atoms with Gasteiger partial charge < -0.3 is 4.90 Å². The number of hydrogen-bond acceptors (Lipinski definition) is 3.